The van der Waals surface area contributed by atoms with Crippen LogP contribution >= 0.6 is 7.84 Å². The van der Waals surface area contributed by atoms with Crippen LogP contribution in [0.3, 0.4) is 0 Å². The average molecular weight is 617 g/mol. The number of aromatic nitrogens is 2. The van der Waals surface area contributed by atoms with Crippen LogP contribution in [0.2, 0.25) is 0 Å². The third-order valence-electron chi connectivity index (χ3n) is 9.70. The fourth-order valence-electron chi connectivity index (χ4n) is 7.86. The van der Waals surface area contributed by atoms with Gasteiger partial charge in [0.15, 0.2) is 5.41 Å². The molecule has 7 aromatic rings. The minimum Gasteiger partial charge on any atom is -0.206 e. The van der Waals surface area contributed by atoms with E-state index in [1.807, 2.05) is 37.3 Å². The predicted octanol–water partition coefficient (Wildman–Crippen LogP) is 8.09. The van der Waals surface area contributed by atoms with Gasteiger partial charge < -0.3 is 0 Å². The van der Waals surface area contributed by atoms with Crippen LogP contribution in [0.1, 0.15) is 46.1 Å². The Hall–Kier alpha value is -5.68. The molecule has 1 aliphatic heterocycles. The van der Waals surface area contributed by atoms with Gasteiger partial charge in [-0.15, -0.1) is 0 Å². The molecule has 1 aliphatic carbocycles. The molecule has 0 N–H and O–H groups in total. The fourth-order valence-corrected chi connectivity index (χ4v) is 10.7. The highest BCUT2D eigenvalue weighted by atomic mass is 31.1. The van der Waals surface area contributed by atoms with E-state index in [1.54, 1.807) is 12.1 Å². The van der Waals surface area contributed by atoms with Crippen molar-refractivity contribution in [1.82, 2.24) is 0 Å². The lowest BCUT2D eigenvalue weighted by Crippen LogP contribution is -2.55. The average Bonchev–Trinajstić information content (AvgIpc) is 3.57. The molecular formula is C39H23F2N4P+2. The number of rotatable bonds is 2. The van der Waals surface area contributed by atoms with Crippen molar-refractivity contribution < 1.29 is 17.3 Å². The molecule has 0 bridgehead atoms. The van der Waals surface area contributed by atoms with Crippen molar-refractivity contribution in [3.63, 3.8) is 0 Å². The van der Waals surface area contributed by atoms with E-state index in [9.17, 15) is 10.5 Å². The first-order valence-corrected chi connectivity index (χ1v) is 16.4. The highest BCUT2D eigenvalue weighted by molar-refractivity contribution is 7.42. The molecule has 46 heavy (non-hydrogen) atoms. The largest absolute Gasteiger partial charge is 0.448 e. The van der Waals surface area contributed by atoms with E-state index in [4.69, 9.17) is 0 Å². The molecule has 3 aromatic heterocycles. The van der Waals surface area contributed by atoms with Crippen molar-refractivity contribution >= 4 is 23.9 Å². The molecule has 4 aromatic carbocycles. The molecule has 9 rings (SSSR count). The first-order chi connectivity index (χ1) is 22.5. The second-order valence-electron chi connectivity index (χ2n) is 11.8. The summed E-state index contributed by atoms with van der Waals surface area (Å²) in [6.45, 7) is 1.98. The number of nitrogens with zero attached hydrogens (tertiary/aromatic N) is 4. The summed E-state index contributed by atoms with van der Waals surface area (Å²) in [6.07, 6.45) is 0.558. The standard InChI is InChI=1S/C39H23F2N4P/c1-2-23-19-32(40)24(21-42)17-28(23)34-13-7-15-37-39(30-11-5-3-9-26(30)27-10-4-6-12-31(27)39)38-16-8-14-35-29-18-25(22-43)33(41)20-36(29)46(44(34)37)45(35)38/h3-20H,2H2,1H3/q+2. The van der Waals surface area contributed by atoms with Crippen LogP contribution in [0.5, 0.6) is 0 Å². The topological polar surface area (TPSA) is 55.6 Å². The van der Waals surface area contributed by atoms with E-state index in [1.165, 1.54) is 12.1 Å². The van der Waals surface area contributed by atoms with Gasteiger partial charge in [-0.25, -0.2) is 8.78 Å². The van der Waals surface area contributed by atoms with Crippen LogP contribution in [0.4, 0.5) is 8.78 Å². The molecule has 0 saturated carbocycles. The number of aryl methyl sites for hydroxylation is 1. The zero-order valence-corrected chi connectivity index (χ0v) is 25.5. The van der Waals surface area contributed by atoms with Gasteiger partial charge in [0.25, 0.3) is 0 Å². The highest BCUT2D eigenvalue weighted by Gasteiger charge is 2.61. The quantitative estimate of drug-likeness (QED) is 0.197. The van der Waals surface area contributed by atoms with Crippen molar-refractivity contribution in [2.75, 3.05) is 0 Å². The molecule has 0 fully saturated rings. The Kier molecular flexibility index (Phi) is 5.46. The lowest BCUT2D eigenvalue weighted by atomic mass is 9.72. The summed E-state index contributed by atoms with van der Waals surface area (Å²) in [5.74, 6) is -1.10. The summed E-state index contributed by atoms with van der Waals surface area (Å²) >= 11 is 0. The zero-order valence-electron chi connectivity index (χ0n) is 24.6. The summed E-state index contributed by atoms with van der Waals surface area (Å²) in [7, 11) is -1.45. The first kappa shape index (κ1) is 26.7. The van der Waals surface area contributed by atoms with Gasteiger partial charge in [0.1, 0.15) is 28.9 Å². The van der Waals surface area contributed by atoms with Gasteiger partial charge in [-0.05, 0) is 70.6 Å². The molecule has 0 saturated heterocycles. The molecule has 1 unspecified atom stereocenters. The van der Waals surface area contributed by atoms with Crippen LogP contribution in [-0.4, -0.2) is 0 Å². The Morgan fingerprint density at radius 2 is 1.33 bits per heavy atom. The monoisotopic (exact) mass is 616 g/mol. The van der Waals surface area contributed by atoms with Crippen LogP contribution in [-0.2, 0) is 11.8 Å². The van der Waals surface area contributed by atoms with Gasteiger partial charge in [-0.3, -0.25) is 0 Å². The van der Waals surface area contributed by atoms with Crippen molar-refractivity contribution in [3.8, 4) is 34.5 Å². The minimum atomic E-state index is -1.45. The van der Waals surface area contributed by atoms with Gasteiger partial charge in [-0.1, -0.05) is 64.0 Å². The van der Waals surface area contributed by atoms with Crippen LogP contribution in [0.15, 0.2) is 109 Å². The Morgan fingerprint density at radius 1 is 0.696 bits per heavy atom. The number of hydrogen-bond acceptors (Lipinski definition) is 2. The first-order valence-electron chi connectivity index (χ1n) is 15.1. The molecule has 0 radical (unpaired) electrons. The third kappa shape index (κ3) is 3.14. The number of pyridine rings is 2. The predicted molar refractivity (Wildman–Crippen MR) is 172 cm³/mol. The van der Waals surface area contributed by atoms with E-state index in [2.05, 4.69) is 75.2 Å². The Bertz CT molecular complexity index is 2540. The van der Waals surface area contributed by atoms with Crippen molar-refractivity contribution in [2.45, 2.75) is 18.8 Å². The molecule has 1 atom stereocenters. The number of nitriles is 2. The number of halogens is 2. The third-order valence-corrected chi connectivity index (χ3v) is 12.1. The highest BCUT2D eigenvalue weighted by Crippen LogP contribution is 2.57. The lowest BCUT2D eigenvalue weighted by Gasteiger charge is -2.29. The summed E-state index contributed by atoms with van der Waals surface area (Å²) in [4.78, 5) is 0. The number of benzene rings is 4. The Balaban J connectivity index is 1.57. The Labute approximate surface area is 264 Å². The van der Waals surface area contributed by atoms with E-state index in [-0.39, 0.29) is 11.1 Å². The van der Waals surface area contributed by atoms with E-state index >= 15 is 8.78 Å². The smallest absolute Gasteiger partial charge is 0.206 e. The minimum absolute atomic E-state index is 0.00189. The van der Waals surface area contributed by atoms with Crippen molar-refractivity contribution in [2.24, 2.45) is 0 Å². The second-order valence-corrected chi connectivity index (χ2v) is 13.6. The van der Waals surface area contributed by atoms with E-state index < -0.39 is 24.9 Å². The fraction of sp³-hybridized carbons (Fsp3) is 0.0769. The van der Waals surface area contributed by atoms with Gasteiger partial charge in [0.2, 0.25) is 22.6 Å². The van der Waals surface area contributed by atoms with Crippen LogP contribution in [0.25, 0.3) is 38.4 Å². The SMILES string of the molecule is CCc1cc(F)c(C#N)cc1-c1cccc2[n+]1-p1c3cc(F)c(C#N)cc3c3cccc([n+]31)C21c2ccccc2-c2ccccc21. The Morgan fingerprint density at radius 3 is 2.02 bits per heavy atom. The molecule has 2 aliphatic rings. The number of fused-ring (bicyclic) bond motifs is 12. The number of hydrogen-bond donors (Lipinski definition) is 0. The molecular weight excluding hydrogens is 593 g/mol. The maximum atomic E-state index is 15.5. The summed E-state index contributed by atoms with van der Waals surface area (Å²) < 4.78 is 35.2. The normalized spacial score (nSPS) is 13.7. The summed E-state index contributed by atoms with van der Waals surface area (Å²) in [6, 6.07) is 39.8. The van der Waals surface area contributed by atoms with E-state index in [0.717, 1.165) is 66.5 Å². The molecule has 0 amide bonds. The summed E-state index contributed by atoms with van der Waals surface area (Å²) in [5.41, 5.74) is 9.18. The summed E-state index contributed by atoms with van der Waals surface area (Å²) in [5, 5.41) is 21.3. The maximum Gasteiger partial charge on any atom is 0.448 e. The van der Waals surface area contributed by atoms with Crippen LogP contribution < -0.4 is 8.50 Å². The van der Waals surface area contributed by atoms with Gasteiger partial charge in [0, 0.05) is 24.3 Å². The molecule has 216 valence electrons. The second kappa shape index (κ2) is 9.41. The molecule has 4 heterocycles. The van der Waals surface area contributed by atoms with E-state index in [0.29, 0.717) is 6.42 Å². The molecule has 7 heteroatoms. The van der Waals surface area contributed by atoms with Gasteiger partial charge >= 0.3 is 7.84 Å². The van der Waals surface area contributed by atoms with Crippen molar-refractivity contribution in [1.29, 1.82) is 10.5 Å². The molecule has 4 nitrogen and oxygen atoms in total. The van der Waals surface area contributed by atoms with Gasteiger partial charge in [-0.2, -0.15) is 10.5 Å². The molecule has 1 spiro atoms. The van der Waals surface area contributed by atoms with Crippen LogP contribution in [0, 0.1) is 34.3 Å². The van der Waals surface area contributed by atoms with Crippen molar-refractivity contribution in [3.05, 3.63) is 160 Å². The zero-order chi connectivity index (χ0) is 31.3. The maximum absolute atomic E-state index is 15.5. The lowest BCUT2D eigenvalue weighted by molar-refractivity contribution is -0.591. The van der Waals surface area contributed by atoms with Gasteiger partial charge in [0.05, 0.1) is 22.1 Å².